The predicted octanol–water partition coefficient (Wildman–Crippen LogP) is 4.70. The molecule has 0 aliphatic heterocycles. The van der Waals surface area contributed by atoms with Crippen LogP contribution in [-0.4, -0.2) is 36.8 Å². The number of hydrogen-bond acceptors (Lipinski definition) is 3. The van der Waals surface area contributed by atoms with Gasteiger partial charge in [0.1, 0.15) is 12.4 Å². The molecule has 3 aromatic rings. The summed E-state index contributed by atoms with van der Waals surface area (Å²) in [6, 6.07) is 19.9. The van der Waals surface area contributed by atoms with Gasteiger partial charge in [-0.15, -0.1) is 0 Å². The van der Waals surface area contributed by atoms with Crippen molar-refractivity contribution in [2.75, 3.05) is 20.2 Å². The van der Waals surface area contributed by atoms with Crippen molar-refractivity contribution < 1.29 is 14.3 Å². The third-order valence-corrected chi connectivity index (χ3v) is 5.05. The fraction of sp³-hybridized carbons (Fsp3) is 0.130. The molecule has 4 rings (SSSR count). The van der Waals surface area contributed by atoms with Crippen LogP contribution in [0.15, 0.2) is 66.7 Å². The highest BCUT2D eigenvalue weighted by molar-refractivity contribution is 6.30. The van der Waals surface area contributed by atoms with Crippen LogP contribution in [-0.2, 0) is 0 Å². The van der Waals surface area contributed by atoms with Crippen LogP contribution in [0.3, 0.4) is 0 Å². The molecule has 0 fully saturated rings. The van der Waals surface area contributed by atoms with Gasteiger partial charge in [0.15, 0.2) is 5.78 Å². The number of carbonyl (C=O) groups excluding carboxylic acids is 2. The number of carbonyl (C=O) groups is 2. The van der Waals surface area contributed by atoms with Crippen molar-refractivity contribution in [2.24, 2.45) is 0 Å². The van der Waals surface area contributed by atoms with E-state index in [9.17, 15) is 9.59 Å². The second-order valence-electron chi connectivity index (χ2n) is 6.67. The minimum Gasteiger partial charge on any atom is -0.492 e. The molecule has 1 aliphatic carbocycles. The Morgan fingerprint density at radius 1 is 0.929 bits per heavy atom. The molecule has 0 bridgehead atoms. The van der Waals surface area contributed by atoms with Gasteiger partial charge in [-0.3, -0.25) is 9.59 Å². The number of ether oxygens (including phenoxy) is 1. The Kier molecular flexibility index (Phi) is 4.88. The minimum absolute atomic E-state index is 0.0350. The van der Waals surface area contributed by atoms with Crippen LogP contribution in [0.4, 0.5) is 0 Å². The standard InChI is InChI=1S/C23H18ClNO3/c1-25(11-12-28-17-6-4-5-16(24)14-17)23(27)15-9-10-19-18-7-2-3-8-20(18)22(26)21(19)13-15/h2-10,13-14H,11-12H2,1H3. The fourth-order valence-electron chi connectivity index (χ4n) is 3.34. The Morgan fingerprint density at radius 3 is 2.46 bits per heavy atom. The van der Waals surface area contributed by atoms with Gasteiger partial charge in [-0.25, -0.2) is 0 Å². The van der Waals surface area contributed by atoms with Gasteiger partial charge in [-0.2, -0.15) is 0 Å². The Hall–Kier alpha value is -3.11. The zero-order valence-corrected chi connectivity index (χ0v) is 16.1. The highest BCUT2D eigenvalue weighted by Gasteiger charge is 2.27. The van der Waals surface area contributed by atoms with E-state index in [1.54, 1.807) is 36.2 Å². The van der Waals surface area contributed by atoms with Crippen LogP contribution in [0.1, 0.15) is 26.3 Å². The first-order valence-electron chi connectivity index (χ1n) is 8.96. The summed E-state index contributed by atoms with van der Waals surface area (Å²) in [7, 11) is 1.72. The van der Waals surface area contributed by atoms with Crippen molar-refractivity contribution in [3.63, 3.8) is 0 Å². The molecule has 0 N–H and O–H groups in total. The maximum Gasteiger partial charge on any atom is 0.253 e. The predicted molar refractivity (Wildman–Crippen MR) is 109 cm³/mol. The lowest BCUT2D eigenvalue weighted by molar-refractivity contribution is 0.0774. The average molecular weight is 392 g/mol. The topological polar surface area (TPSA) is 46.6 Å². The van der Waals surface area contributed by atoms with E-state index in [0.717, 1.165) is 11.1 Å². The Morgan fingerprint density at radius 2 is 1.68 bits per heavy atom. The van der Waals surface area contributed by atoms with Gasteiger partial charge in [0.05, 0.1) is 6.54 Å². The van der Waals surface area contributed by atoms with E-state index in [2.05, 4.69) is 0 Å². The summed E-state index contributed by atoms with van der Waals surface area (Å²) in [5.41, 5.74) is 3.56. The number of hydrogen-bond donors (Lipinski definition) is 0. The molecule has 3 aromatic carbocycles. The maximum atomic E-state index is 12.8. The van der Waals surface area contributed by atoms with Crippen LogP contribution in [0.2, 0.25) is 5.02 Å². The summed E-state index contributed by atoms with van der Waals surface area (Å²) < 4.78 is 5.64. The molecular formula is C23H18ClNO3. The van der Waals surface area contributed by atoms with Gasteiger partial charge in [0, 0.05) is 28.8 Å². The largest absolute Gasteiger partial charge is 0.492 e. The summed E-state index contributed by atoms with van der Waals surface area (Å²) >= 11 is 5.94. The molecule has 0 unspecified atom stereocenters. The second kappa shape index (κ2) is 7.49. The Bertz CT molecular complexity index is 1080. The zero-order valence-electron chi connectivity index (χ0n) is 15.3. The second-order valence-corrected chi connectivity index (χ2v) is 7.10. The number of halogens is 1. The molecule has 0 saturated carbocycles. The maximum absolute atomic E-state index is 12.8. The highest BCUT2D eigenvalue weighted by atomic mass is 35.5. The third kappa shape index (κ3) is 3.39. The van der Waals surface area contributed by atoms with Crippen molar-refractivity contribution in [2.45, 2.75) is 0 Å². The quantitative estimate of drug-likeness (QED) is 0.495. The zero-order chi connectivity index (χ0) is 19.7. The van der Waals surface area contributed by atoms with E-state index in [0.29, 0.717) is 40.6 Å². The van der Waals surface area contributed by atoms with Crippen molar-refractivity contribution >= 4 is 23.3 Å². The number of amides is 1. The van der Waals surface area contributed by atoms with Gasteiger partial charge in [-0.1, -0.05) is 48.0 Å². The summed E-state index contributed by atoms with van der Waals surface area (Å²) in [6.07, 6.45) is 0. The van der Waals surface area contributed by atoms with Crippen LogP contribution < -0.4 is 4.74 Å². The van der Waals surface area contributed by atoms with E-state index in [1.165, 1.54) is 0 Å². The van der Waals surface area contributed by atoms with E-state index in [1.807, 2.05) is 42.5 Å². The molecule has 0 spiro atoms. The van der Waals surface area contributed by atoms with Gasteiger partial charge < -0.3 is 9.64 Å². The van der Waals surface area contributed by atoms with Crippen LogP contribution in [0.5, 0.6) is 5.75 Å². The molecule has 1 amide bonds. The molecule has 28 heavy (non-hydrogen) atoms. The van der Waals surface area contributed by atoms with Gasteiger partial charge in [0.2, 0.25) is 0 Å². The first-order valence-corrected chi connectivity index (χ1v) is 9.34. The van der Waals surface area contributed by atoms with Crippen molar-refractivity contribution in [1.82, 2.24) is 4.90 Å². The molecule has 140 valence electrons. The molecule has 0 heterocycles. The molecule has 0 aromatic heterocycles. The molecule has 0 saturated heterocycles. The normalized spacial score (nSPS) is 11.7. The summed E-state index contributed by atoms with van der Waals surface area (Å²) in [5, 5.41) is 0.603. The smallest absolute Gasteiger partial charge is 0.253 e. The van der Waals surface area contributed by atoms with Crippen molar-refractivity contribution in [3.05, 3.63) is 88.4 Å². The van der Waals surface area contributed by atoms with E-state index < -0.39 is 0 Å². The summed E-state index contributed by atoms with van der Waals surface area (Å²) in [4.78, 5) is 27.0. The fourth-order valence-corrected chi connectivity index (χ4v) is 3.52. The van der Waals surface area contributed by atoms with Crippen LogP contribution in [0.25, 0.3) is 11.1 Å². The SMILES string of the molecule is CN(CCOc1cccc(Cl)c1)C(=O)c1ccc2c(c1)C(=O)c1ccccc1-2. The number of likely N-dealkylation sites (N-methyl/N-ethyl adjacent to an activating group) is 1. The Labute approximate surface area is 168 Å². The molecule has 0 radical (unpaired) electrons. The number of rotatable bonds is 5. The third-order valence-electron chi connectivity index (χ3n) is 4.81. The molecule has 5 heteroatoms. The van der Waals surface area contributed by atoms with Crippen molar-refractivity contribution in [1.29, 1.82) is 0 Å². The van der Waals surface area contributed by atoms with Gasteiger partial charge >= 0.3 is 0 Å². The lowest BCUT2D eigenvalue weighted by Crippen LogP contribution is -2.31. The van der Waals surface area contributed by atoms with Gasteiger partial charge in [-0.05, 0) is 41.5 Å². The molecular weight excluding hydrogens is 374 g/mol. The summed E-state index contributed by atoms with van der Waals surface area (Å²) in [6.45, 7) is 0.758. The van der Waals surface area contributed by atoms with E-state index >= 15 is 0 Å². The van der Waals surface area contributed by atoms with Gasteiger partial charge in [0.25, 0.3) is 5.91 Å². The average Bonchev–Trinajstić information content (AvgIpc) is 2.99. The summed E-state index contributed by atoms with van der Waals surface area (Å²) in [5.74, 6) is 0.475. The lowest BCUT2D eigenvalue weighted by Gasteiger charge is -2.18. The molecule has 4 nitrogen and oxygen atoms in total. The Balaban J connectivity index is 1.45. The number of fused-ring (bicyclic) bond motifs is 3. The lowest BCUT2D eigenvalue weighted by atomic mass is 10.0. The first-order chi connectivity index (χ1) is 13.5. The molecule has 0 atom stereocenters. The highest BCUT2D eigenvalue weighted by Crippen LogP contribution is 2.36. The molecule has 1 aliphatic rings. The van der Waals surface area contributed by atoms with Crippen LogP contribution >= 0.6 is 11.6 Å². The van der Waals surface area contributed by atoms with Crippen molar-refractivity contribution in [3.8, 4) is 16.9 Å². The number of nitrogens with zero attached hydrogens (tertiary/aromatic N) is 1. The number of ketones is 1. The number of benzene rings is 3. The first kappa shape index (κ1) is 18.3. The van der Waals surface area contributed by atoms with E-state index in [-0.39, 0.29) is 11.7 Å². The monoisotopic (exact) mass is 391 g/mol. The minimum atomic E-state index is -0.152. The van der Waals surface area contributed by atoms with E-state index in [4.69, 9.17) is 16.3 Å². The van der Waals surface area contributed by atoms with Crippen LogP contribution in [0, 0.1) is 0 Å².